The molecular formula is C14H20N6O2S. The Hall–Kier alpha value is -2.00. The largest absolute Gasteiger partial charge is 0.371 e. The van der Waals surface area contributed by atoms with Gasteiger partial charge in [0, 0.05) is 24.8 Å². The van der Waals surface area contributed by atoms with Crippen LogP contribution in [0.25, 0.3) is 0 Å². The number of aryl methyl sites for hydroxylation is 1. The van der Waals surface area contributed by atoms with E-state index in [9.17, 15) is 8.42 Å². The number of anilines is 1. The lowest BCUT2D eigenvalue weighted by atomic mass is 10.1. The van der Waals surface area contributed by atoms with Crippen molar-refractivity contribution in [2.45, 2.75) is 25.4 Å². The average molecular weight is 336 g/mol. The van der Waals surface area contributed by atoms with E-state index in [1.54, 1.807) is 0 Å². The number of piperidine rings is 1. The summed E-state index contributed by atoms with van der Waals surface area (Å²) in [6, 6.07) is 10.2. The molecule has 2 heterocycles. The number of sulfonamides is 1. The van der Waals surface area contributed by atoms with E-state index in [0.717, 1.165) is 25.9 Å². The van der Waals surface area contributed by atoms with Crippen LogP contribution in [0, 0.1) is 0 Å². The maximum Gasteiger partial charge on any atom is 0.213 e. The molecule has 0 aliphatic carbocycles. The average Bonchev–Trinajstić information content (AvgIpc) is 3.08. The maximum absolute atomic E-state index is 12.1. The molecular weight excluding hydrogens is 316 g/mol. The first-order chi connectivity index (χ1) is 11.1. The predicted molar refractivity (Wildman–Crippen MR) is 86.4 cm³/mol. The summed E-state index contributed by atoms with van der Waals surface area (Å²) in [7, 11) is -3.32. The summed E-state index contributed by atoms with van der Waals surface area (Å²) in [5.41, 5.74) is 1.19. The topological polar surface area (TPSA) is 93.0 Å². The van der Waals surface area contributed by atoms with Gasteiger partial charge in [-0.1, -0.05) is 18.2 Å². The fourth-order valence-electron chi connectivity index (χ4n) is 2.70. The van der Waals surface area contributed by atoms with E-state index in [1.165, 1.54) is 16.7 Å². The monoisotopic (exact) mass is 336 g/mol. The molecule has 0 amide bonds. The molecule has 1 aliphatic heterocycles. The minimum Gasteiger partial charge on any atom is -0.371 e. The predicted octanol–water partition coefficient (Wildman–Crippen LogP) is 0.262. The highest BCUT2D eigenvalue weighted by Crippen LogP contribution is 2.19. The van der Waals surface area contributed by atoms with Crippen LogP contribution in [-0.2, 0) is 16.6 Å². The molecule has 0 spiro atoms. The van der Waals surface area contributed by atoms with Crippen LogP contribution in [0.1, 0.15) is 12.8 Å². The van der Waals surface area contributed by atoms with Crippen molar-refractivity contribution in [1.29, 1.82) is 0 Å². The van der Waals surface area contributed by atoms with Crippen LogP contribution in [0.15, 0.2) is 36.7 Å². The van der Waals surface area contributed by atoms with Crippen molar-refractivity contribution in [3.63, 3.8) is 0 Å². The van der Waals surface area contributed by atoms with E-state index >= 15 is 0 Å². The summed E-state index contributed by atoms with van der Waals surface area (Å²) >= 11 is 0. The minimum absolute atomic E-state index is 0.00571. The van der Waals surface area contributed by atoms with Crippen LogP contribution in [0.2, 0.25) is 0 Å². The van der Waals surface area contributed by atoms with Gasteiger partial charge in [0.1, 0.15) is 6.33 Å². The number of rotatable bonds is 6. The van der Waals surface area contributed by atoms with Gasteiger partial charge in [-0.2, -0.15) is 0 Å². The van der Waals surface area contributed by atoms with Crippen molar-refractivity contribution in [2.75, 3.05) is 23.7 Å². The standard InChI is InChI=1S/C14H20N6O2S/c21-23(22,11-10-20-12-15-17-18-20)16-13-6-8-19(9-7-13)14-4-2-1-3-5-14/h1-5,12-13,16H,6-11H2. The van der Waals surface area contributed by atoms with Gasteiger partial charge in [0.2, 0.25) is 10.0 Å². The normalized spacial score (nSPS) is 16.6. The van der Waals surface area contributed by atoms with Gasteiger partial charge in [-0.05, 0) is 35.4 Å². The van der Waals surface area contributed by atoms with Gasteiger partial charge in [0.15, 0.2) is 0 Å². The number of hydrogen-bond acceptors (Lipinski definition) is 6. The molecule has 8 nitrogen and oxygen atoms in total. The van der Waals surface area contributed by atoms with Crippen molar-refractivity contribution in [2.24, 2.45) is 0 Å². The van der Waals surface area contributed by atoms with Crippen LogP contribution in [0.3, 0.4) is 0 Å². The third kappa shape index (κ3) is 4.49. The molecule has 124 valence electrons. The zero-order valence-electron chi connectivity index (χ0n) is 12.7. The molecule has 1 N–H and O–H groups in total. The number of para-hydroxylation sites is 1. The second kappa shape index (κ2) is 7.05. The molecule has 3 rings (SSSR count). The molecule has 0 bridgehead atoms. The Balaban J connectivity index is 1.48. The van der Waals surface area contributed by atoms with Gasteiger partial charge in [-0.15, -0.1) is 5.10 Å². The summed E-state index contributed by atoms with van der Waals surface area (Å²) in [6.45, 7) is 1.96. The third-order valence-electron chi connectivity index (χ3n) is 3.94. The Morgan fingerprint density at radius 3 is 2.57 bits per heavy atom. The molecule has 2 aromatic rings. The fourth-order valence-corrected chi connectivity index (χ4v) is 3.99. The zero-order chi connectivity index (χ0) is 16.1. The van der Waals surface area contributed by atoms with Crippen LogP contribution in [0.4, 0.5) is 5.69 Å². The van der Waals surface area contributed by atoms with E-state index in [4.69, 9.17) is 0 Å². The number of aromatic nitrogens is 4. The first-order valence-corrected chi connectivity index (χ1v) is 9.28. The Bertz CT molecular complexity index is 696. The number of tetrazole rings is 1. The minimum atomic E-state index is -3.32. The van der Waals surface area contributed by atoms with Crippen molar-refractivity contribution in [3.8, 4) is 0 Å². The lowest BCUT2D eigenvalue weighted by Crippen LogP contribution is -2.45. The molecule has 9 heteroatoms. The van der Waals surface area contributed by atoms with E-state index < -0.39 is 10.0 Å². The van der Waals surface area contributed by atoms with Crippen molar-refractivity contribution in [3.05, 3.63) is 36.7 Å². The molecule has 1 aromatic carbocycles. The Morgan fingerprint density at radius 1 is 1.17 bits per heavy atom. The van der Waals surface area contributed by atoms with Crippen LogP contribution in [-0.4, -0.2) is 53.5 Å². The van der Waals surface area contributed by atoms with Crippen molar-refractivity contribution >= 4 is 15.7 Å². The molecule has 0 saturated carbocycles. The van der Waals surface area contributed by atoms with Gasteiger partial charge in [-0.3, -0.25) is 0 Å². The van der Waals surface area contributed by atoms with Crippen LogP contribution < -0.4 is 9.62 Å². The highest BCUT2D eigenvalue weighted by molar-refractivity contribution is 7.89. The summed E-state index contributed by atoms with van der Waals surface area (Å²) < 4.78 is 28.5. The van der Waals surface area contributed by atoms with Gasteiger partial charge < -0.3 is 4.90 Å². The molecule has 1 saturated heterocycles. The molecule has 0 atom stereocenters. The molecule has 1 aromatic heterocycles. The highest BCUT2D eigenvalue weighted by atomic mass is 32.2. The maximum atomic E-state index is 12.1. The second-order valence-corrected chi connectivity index (χ2v) is 7.48. The molecule has 0 unspecified atom stereocenters. The third-order valence-corrected chi connectivity index (χ3v) is 5.36. The first kappa shape index (κ1) is 15.9. The fraction of sp³-hybridized carbons (Fsp3) is 0.500. The van der Waals surface area contributed by atoms with Crippen LogP contribution in [0.5, 0.6) is 0 Å². The van der Waals surface area contributed by atoms with E-state index in [-0.39, 0.29) is 18.3 Å². The Labute approximate surface area is 135 Å². The molecule has 23 heavy (non-hydrogen) atoms. The SMILES string of the molecule is O=S(=O)(CCn1cnnn1)NC1CCN(c2ccccc2)CC1. The number of nitrogens with zero attached hydrogens (tertiary/aromatic N) is 5. The summed E-state index contributed by atoms with van der Waals surface area (Å²) in [6.07, 6.45) is 3.02. The lowest BCUT2D eigenvalue weighted by Gasteiger charge is -2.33. The summed E-state index contributed by atoms with van der Waals surface area (Å²) in [4.78, 5) is 2.28. The quantitative estimate of drug-likeness (QED) is 0.813. The summed E-state index contributed by atoms with van der Waals surface area (Å²) in [5, 5.41) is 10.6. The Morgan fingerprint density at radius 2 is 1.91 bits per heavy atom. The van der Waals surface area contributed by atoms with Crippen LogP contribution >= 0.6 is 0 Å². The molecule has 1 fully saturated rings. The van der Waals surface area contributed by atoms with Gasteiger partial charge in [0.05, 0.1) is 12.3 Å². The van der Waals surface area contributed by atoms with E-state index in [1.807, 2.05) is 18.2 Å². The van der Waals surface area contributed by atoms with E-state index in [2.05, 4.69) is 37.3 Å². The first-order valence-electron chi connectivity index (χ1n) is 7.63. The van der Waals surface area contributed by atoms with Gasteiger partial charge in [0.25, 0.3) is 0 Å². The van der Waals surface area contributed by atoms with Gasteiger partial charge in [-0.25, -0.2) is 17.8 Å². The smallest absolute Gasteiger partial charge is 0.213 e. The van der Waals surface area contributed by atoms with E-state index in [0.29, 0.717) is 0 Å². The number of nitrogens with one attached hydrogen (secondary N) is 1. The zero-order valence-corrected chi connectivity index (χ0v) is 13.6. The number of benzene rings is 1. The van der Waals surface area contributed by atoms with Crippen molar-refractivity contribution in [1.82, 2.24) is 24.9 Å². The van der Waals surface area contributed by atoms with Crippen molar-refractivity contribution < 1.29 is 8.42 Å². The lowest BCUT2D eigenvalue weighted by molar-refractivity contribution is 0.458. The summed E-state index contributed by atoms with van der Waals surface area (Å²) in [5.74, 6) is -0.0169. The molecule has 0 radical (unpaired) electrons. The Kier molecular flexibility index (Phi) is 4.87. The number of hydrogen-bond donors (Lipinski definition) is 1. The van der Waals surface area contributed by atoms with Gasteiger partial charge >= 0.3 is 0 Å². The highest BCUT2D eigenvalue weighted by Gasteiger charge is 2.23. The second-order valence-electron chi connectivity index (χ2n) is 5.61. The molecule has 1 aliphatic rings.